The van der Waals surface area contributed by atoms with Crippen molar-refractivity contribution in [2.45, 2.75) is 13.2 Å². The van der Waals surface area contributed by atoms with Gasteiger partial charge in [-0.25, -0.2) is 9.97 Å². The Balaban J connectivity index is 1.22. The molecule has 0 fully saturated rings. The molecule has 0 saturated carbocycles. The highest BCUT2D eigenvalue weighted by molar-refractivity contribution is 5.94. The predicted molar refractivity (Wildman–Crippen MR) is 113 cm³/mol. The smallest absolute Gasteiger partial charge is 0.251 e. The fourth-order valence-corrected chi connectivity index (χ4v) is 3.30. The molecule has 0 radical (unpaired) electrons. The number of carbonyl (C=O) groups excluding carboxylic acids is 1. The third kappa shape index (κ3) is 3.73. The average Bonchev–Trinajstić information content (AvgIpc) is 3.39. The molecule has 148 valence electrons. The van der Waals surface area contributed by atoms with Gasteiger partial charge in [0.25, 0.3) is 5.91 Å². The lowest BCUT2D eigenvalue weighted by atomic mass is 10.2. The van der Waals surface area contributed by atoms with Gasteiger partial charge in [0.05, 0.1) is 23.3 Å². The Morgan fingerprint density at radius 2 is 1.93 bits per heavy atom. The number of imidazole rings is 2. The van der Waals surface area contributed by atoms with Crippen molar-refractivity contribution >= 4 is 22.6 Å². The van der Waals surface area contributed by atoms with Gasteiger partial charge in [-0.05, 0) is 42.5 Å². The number of para-hydroxylation sites is 2. The van der Waals surface area contributed by atoms with E-state index in [1.165, 1.54) is 0 Å². The van der Waals surface area contributed by atoms with Crippen LogP contribution in [0.2, 0.25) is 0 Å². The minimum atomic E-state index is -0.186. The number of H-pyrrole nitrogens is 1. The molecule has 0 unspecified atom stereocenters. The maximum absolute atomic E-state index is 12.6. The number of ether oxygens (including phenoxy) is 1. The van der Waals surface area contributed by atoms with E-state index in [0.717, 1.165) is 22.4 Å². The summed E-state index contributed by atoms with van der Waals surface area (Å²) in [6.45, 7) is 0.644. The quantitative estimate of drug-likeness (QED) is 0.457. The second-order valence-corrected chi connectivity index (χ2v) is 6.90. The number of nitrogens with one attached hydrogen (secondary N) is 2. The fourth-order valence-electron chi connectivity index (χ4n) is 3.30. The third-order valence-electron chi connectivity index (χ3n) is 4.75. The van der Waals surface area contributed by atoms with Crippen LogP contribution in [0.5, 0.6) is 5.75 Å². The molecule has 3 heterocycles. The first-order valence-electron chi connectivity index (χ1n) is 9.62. The van der Waals surface area contributed by atoms with Crippen molar-refractivity contribution in [3.8, 4) is 5.75 Å². The molecule has 2 aromatic carbocycles. The Labute approximate surface area is 172 Å². The molecule has 5 rings (SSSR count). The Bertz CT molecular complexity index is 1270. The van der Waals surface area contributed by atoms with Crippen LogP contribution in [0.15, 0.2) is 79.1 Å². The molecule has 0 aliphatic heterocycles. The Hall–Kier alpha value is -4.13. The van der Waals surface area contributed by atoms with Gasteiger partial charge in [-0.3, -0.25) is 4.79 Å². The van der Waals surface area contributed by atoms with Crippen molar-refractivity contribution in [3.63, 3.8) is 0 Å². The molecular weight excluding hydrogens is 378 g/mol. The first kappa shape index (κ1) is 17.9. The van der Waals surface area contributed by atoms with Crippen LogP contribution in [0.4, 0.5) is 0 Å². The summed E-state index contributed by atoms with van der Waals surface area (Å²) >= 11 is 0. The lowest BCUT2D eigenvalue weighted by molar-refractivity contribution is 0.0949. The minimum Gasteiger partial charge on any atom is -0.487 e. The summed E-state index contributed by atoms with van der Waals surface area (Å²) in [7, 11) is 0. The number of amides is 1. The van der Waals surface area contributed by atoms with E-state index in [9.17, 15) is 4.79 Å². The van der Waals surface area contributed by atoms with E-state index >= 15 is 0 Å². The van der Waals surface area contributed by atoms with Crippen molar-refractivity contribution in [1.82, 2.24) is 24.7 Å². The van der Waals surface area contributed by atoms with Crippen molar-refractivity contribution < 1.29 is 9.53 Å². The molecule has 0 bridgehead atoms. The van der Waals surface area contributed by atoms with Crippen molar-refractivity contribution in [2.24, 2.45) is 0 Å². The third-order valence-corrected chi connectivity index (χ3v) is 4.75. The van der Waals surface area contributed by atoms with Crippen LogP contribution in [0, 0.1) is 0 Å². The maximum Gasteiger partial charge on any atom is 0.251 e. The van der Waals surface area contributed by atoms with Crippen LogP contribution in [0.25, 0.3) is 16.7 Å². The summed E-state index contributed by atoms with van der Waals surface area (Å²) in [5, 5.41) is 2.89. The molecule has 2 N–H and O–H groups in total. The molecule has 0 atom stereocenters. The van der Waals surface area contributed by atoms with Crippen molar-refractivity contribution in [2.75, 3.05) is 0 Å². The average molecular weight is 397 g/mol. The van der Waals surface area contributed by atoms with E-state index in [1.807, 2.05) is 65.3 Å². The normalized spacial score (nSPS) is 11.1. The highest BCUT2D eigenvalue weighted by Gasteiger charge is 2.09. The SMILES string of the molecule is O=C(NCc1nc2ccccc2[nH]1)c1cccc(OCc2cn3ccccc3n2)c1. The van der Waals surface area contributed by atoms with E-state index < -0.39 is 0 Å². The van der Waals surface area contributed by atoms with Crippen LogP contribution >= 0.6 is 0 Å². The topological polar surface area (TPSA) is 84.3 Å². The standard InChI is InChI=1S/C23H19N5O2/c29-23(24-13-21-26-19-8-1-2-9-20(19)27-21)16-6-5-7-18(12-16)30-15-17-14-28-11-4-3-10-22(28)25-17/h1-12,14H,13,15H2,(H,24,29)(H,26,27). The lowest BCUT2D eigenvalue weighted by Crippen LogP contribution is -2.23. The summed E-state index contributed by atoms with van der Waals surface area (Å²) in [4.78, 5) is 24.7. The molecule has 7 heteroatoms. The monoisotopic (exact) mass is 397 g/mol. The molecule has 0 aliphatic carbocycles. The summed E-state index contributed by atoms with van der Waals surface area (Å²) in [6, 6.07) is 20.7. The zero-order valence-corrected chi connectivity index (χ0v) is 16.1. The first-order valence-corrected chi connectivity index (χ1v) is 9.62. The van der Waals surface area contributed by atoms with E-state index in [0.29, 0.717) is 30.3 Å². The maximum atomic E-state index is 12.6. The number of hydrogen-bond acceptors (Lipinski definition) is 4. The molecule has 5 aromatic rings. The second kappa shape index (κ2) is 7.71. The molecule has 3 aromatic heterocycles. The van der Waals surface area contributed by atoms with Gasteiger partial charge in [0.2, 0.25) is 0 Å². The number of benzene rings is 2. The van der Waals surface area contributed by atoms with E-state index in [-0.39, 0.29) is 5.91 Å². The number of aromatic amines is 1. The van der Waals surface area contributed by atoms with Crippen LogP contribution in [-0.4, -0.2) is 25.3 Å². The second-order valence-electron chi connectivity index (χ2n) is 6.90. The number of rotatable bonds is 6. The van der Waals surface area contributed by atoms with Gasteiger partial charge in [-0.1, -0.05) is 24.3 Å². The summed E-state index contributed by atoms with van der Waals surface area (Å²) in [6.07, 6.45) is 3.87. The van der Waals surface area contributed by atoms with Crippen molar-refractivity contribution in [1.29, 1.82) is 0 Å². The molecule has 0 spiro atoms. The summed E-state index contributed by atoms with van der Waals surface area (Å²) < 4.78 is 7.79. The van der Waals surface area contributed by atoms with Gasteiger partial charge in [-0.15, -0.1) is 0 Å². The van der Waals surface area contributed by atoms with Gasteiger partial charge < -0.3 is 19.4 Å². The molecule has 1 amide bonds. The number of aromatic nitrogens is 4. The van der Waals surface area contributed by atoms with Gasteiger partial charge in [-0.2, -0.15) is 0 Å². The van der Waals surface area contributed by atoms with Crippen LogP contribution < -0.4 is 10.1 Å². The zero-order chi connectivity index (χ0) is 20.3. The number of fused-ring (bicyclic) bond motifs is 2. The Morgan fingerprint density at radius 3 is 2.83 bits per heavy atom. The van der Waals surface area contributed by atoms with Gasteiger partial charge >= 0.3 is 0 Å². The number of hydrogen-bond donors (Lipinski definition) is 2. The van der Waals surface area contributed by atoms with Crippen LogP contribution in [0.1, 0.15) is 21.9 Å². The first-order chi connectivity index (χ1) is 14.7. The molecule has 0 aliphatic rings. The highest BCUT2D eigenvalue weighted by atomic mass is 16.5. The van der Waals surface area contributed by atoms with Crippen LogP contribution in [-0.2, 0) is 13.2 Å². The Morgan fingerprint density at radius 1 is 1.03 bits per heavy atom. The number of pyridine rings is 1. The lowest BCUT2D eigenvalue weighted by Gasteiger charge is -2.07. The largest absolute Gasteiger partial charge is 0.487 e. The minimum absolute atomic E-state index is 0.186. The Kier molecular flexibility index (Phi) is 4.61. The molecule has 7 nitrogen and oxygen atoms in total. The van der Waals surface area contributed by atoms with Gasteiger partial charge in [0, 0.05) is 18.0 Å². The zero-order valence-electron chi connectivity index (χ0n) is 16.1. The number of carbonyl (C=O) groups is 1. The van der Waals surface area contributed by atoms with Crippen molar-refractivity contribution in [3.05, 3.63) is 96.2 Å². The summed E-state index contributed by atoms with van der Waals surface area (Å²) in [5.74, 6) is 1.14. The van der Waals surface area contributed by atoms with E-state index in [4.69, 9.17) is 4.74 Å². The highest BCUT2D eigenvalue weighted by Crippen LogP contribution is 2.16. The number of nitrogens with zero attached hydrogens (tertiary/aromatic N) is 3. The molecule has 0 saturated heterocycles. The fraction of sp³-hybridized carbons (Fsp3) is 0.0870. The van der Waals surface area contributed by atoms with E-state index in [1.54, 1.807) is 18.2 Å². The van der Waals surface area contributed by atoms with Gasteiger partial charge in [0.15, 0.2) is 0 Å². The van der Waals surface area contributed by atoms with Gasteiger partial charge in [0.1, 0.15) is 23.8 Å². The predicted octanol–water partition coefficient (Wildman–Crippen LogP) is 3.72. The van der Waals surface area contributed by atoms with E-state index in [2.05, 4.69) is 20.3 Å². The van der Waals surface area contributed by atoms with Crippen LogP contribution in [0.3, 0.4) is 0 Å². The molecule has 30 heavy (non-hydrogen) atoms. The summed E-state index contributed by atoms with van der Waals surface area (Å²) in [5.41, 5.74) is 4.04. The molecular formula is C23H19N5O2.